The molecule has 1 fully saturated rings. The maximum atomic E-state index is 13.6. The Labute approximate surface area is 212 Å². The summed E-state index contributed by atoms with van der Waals surface area (Å²) in [4.78, 5) is 52.4. The molecular formula is C26H26ClN3O6. The number of fused-ring (bicyclic) bond motifs is 1. The molecule has 1 aromatic carbocycles. The molecule has 10 heteroatoms. The molecule has 0 radical (unpaired) electrons. The van der Waals surface area contributed by atoms with Gasteiger partial charge in [-0.3, -0.25) is 14.4 Å². The van der Waals surface area contributed by atoms with Gasteiger partial charge < -0.3 is 20.1 Å². The number of halogens is 1. The Hall–Kier alpha value is -3.72. The fourth-order valence-corrected chi connectivity index (χ4v) is 5.22. The number of hydrogen-bond donors (Lipinski definition) is 3. The largest absolute Gasteiger partial charge is 0.480 e. The molecule has 1 saturated carbocycles. The van der Waals surface area contributed by atoms with Crippen LogP contribution in [0.1, 0.15) is 71.2 Å². The molecule has 3 N–H and O–H groups in total. The summed E-state index contributed by atoms with van der Waals surface area (Å²) >= 11 is 6.40. The molecule has 2 aromatic heterocycles. The quantitative estimate of drug-likeness (QED) is 0.344. The molecule has 0 aliphatic heterocycles. The molecule has 36 heavy (non-hydrogen) atoms. The van der Waals surface area contributed by atoms with E-state index in [1.165, 1.54) is 29.8 Å². The molecule has 3 aromatic rings. The van der Waals surface area contributed by atoms with Crippen molar-refractivity contribution in [1.82, 2.24) is 9.55 Å². The molecule has 1 atom stereocenters. The predicted molar refractivity (Wildman–Crippen MR) is 134 cm³/mol. The Morgan fingerprint density at radius 1 is 1.17 bits per heavy atom. The van der Waals surface area contributed by atoms with E-state index in [9.17, 15) is 24.3 Å². The van der Waals surface area contributed by atoms with Crippen molar-refractivity contribution in [3.63, 3.8) is 0 Å². The molecule has 1 unspecified atom stereocenters. The summed E-state index contributed by atoms with van der Waals surface area (Å²) in [5.74, 6) is -2.85. The highest BCUT2D eigenvalue weighted by Crippen LogP contribution is 2.39. The number of amides is 1. The van der Waals surface area contributed by atoms with E-state index in [1.807, 2.05) is 0 Å². The summed E-state index contributed by atoms with van der Waals surface area (Å²) in [5.41, 5.74) is 1.41. The highest BCUT2D eigenvalue weighted by Gasteiger charge is 2.30. The smallest absolute Gasteiger partial charge is 0.337 e. The number of ketones is 1. The maximum absolute atomic E-state index is 13.6. The van der Waals surface area contributed by atoms with Crippen molar-refractivity contribution in [3.8, 4) is 0 Å². The number of benzene rings is 1. The Morgan fingerprint density at radius 3 is 2.47 bits per heavy atom. The van der Waals surface area contributed by atoms with E-state index in [0.717, 1.165) is 25.7 Å². The second-order valence-electron chi connectivity index (χ2n) is 9.18. The van der Waals surface area contributed by atoms with Gasteiger partial charge in [-0.15, -0.1) is 0 Å². The third kappa shape index (κ3) is 5.41. The third-order valence-electron chi connectivity index (χ3n) is 6.68. The van der Waals surface area contributed by atoms with Crippen LogP contribution in [0.25, 0.3) is 10.9 Å². The lowest BCUT2D eigenvalue weighted by Gasteiger charge is -2.20. The molecule has 0 bridgehead atoms. The van der Waals surface area contributed by atoms with Crippen LogP contribution in [0.15, 0.2) is 36.7 Å². The Morgan fingerprint density at radius 2 is 1.89 bits per heavy atom. The highest BCUT2D eigenvalue weighted by atomic mass is 35.5. The van der Waals surface area contributed by atoms with E-state index in [-0.39, 0.29) is 40.2 Å². The number of anilines is 1. The average Bonchev–Trinajstić information content (AvgIpc) is 3.44. The van der Waals surface area contributed by atoms with E-state index >= 15 is 0 Å². The average molecular weight is 512 g/mol. The van der Waals surface area contributed by atoms with Gasteiger partial charge in [-0.2, -0.15) is 0 Å². The summed E-state index contributed by atoms with van der Waals surface area (Å²) < 4.78 is 1.52. The number of nitrogens with zero attached hydrogens (tertiary/aromatic N) is 2. The fraction of sp³-hybridized carbons (Fsp3) is 0.346. The summed E-state index contributed by atoms with van der Waals surface area (Å²) in [5, 5.41) is 22.2. The van der Waals surface area contributed by atoms with Gasteiger partial charge in [0.05, 0.1) is 16.5 Å². The number of carboxylic acid groups (broad SMARTS) is 2. The minimum atomic E-state index is -1.12. The van der Waals surface area contributed by atoms with Gasteiger partial charge in [0.15, 0.2) is 5.78 Å². The lowest BCUT2D eigenvalue weighted by molar-refractivity contribution is -0.137. The minimum Gasteiger partial charge on any atom is -0.480 e. The maximum Gasteiger partial charge on any atom is 0.337 e. The van der Waals surface area contributed by atoms with Crippen LogP contribution in [0, 0.1) is 5.92 Å². The first-order valence-corrected chi connectivity index (χ1v) is 12.1. The van der Waals surface area contributed by atoms with Gasteiger partial charge in [-0.25, -0.2) is 9.78 Å². The minimum absolute atomic E-state index is 0.00293. The van der Waals surface area contributed by atoms with Gasteiger partial charge in [0, 0.05) is 28.9 Å². The second-order valence-corrected chi connectivity index (χ2v) is 9.58. The van der Waals surface area contributed by atoms with Crippen LogP contribution in [0.3, 0.4) is 0 Å². The summed E-state index contributed by atoms with van der Waals surface area (Å²) in [6.45, 7) is 1.04. The van der Waals surface area contributed by atoms with E-state index in [0.29, 0.717) is 28.8 Å². The van der Waals surface area contributed by atoms with Crippen LogP contribution in [-0.2, 0) is 16.1 Å². The van der Waals surface area contributed by atoms with Gasteiger partial charge in [0.2, 0.25) is 5.91 Å². The molecule has 188 valence electrons. The summed E-state index contributed by atoms with van der Waals surface area (Å²) in [6, 6.07) is 5.98. The second kappa shape index (κ2) is 10.5. The lowest BCUT2D eigenvalue weighted by atomic mass is 9.87. The number of rotatable bonds is 9. The van der Waals surface area contributed by atoms with E-state index in [1.54, 1.807) is 18.3 Å². The molecule has 1 aliphatic rings. The van der Waals surface area contributed by atoms with Crippen molar-refractivity contribution in [2.75, 3.05) is 5.32 Å². The van der Waals surface area contributed by atoms with Crippen LogP contribution in [0.5, 0.6) is 0 Å². The first-order valence-electron chi connectivity index (χ1n) is 11.7. The number of aliphatic carboxylic acids is 1. The number of Topliss-reactive ketones (excluding diaryl/α,β-unsaturated/α-hetero) is 1. The molecular weight excluding hydrogens is 486 g/mol. The zero-order valence-corrected chi connectivity index (χ0v) is 20.4. The van der Waals surface area contributed by atoms with Crippen LogP contribution in [0.4, 0.5) is 5.82 Å². The molecule has 2 heterocycles. The number of hydrogen-bond acceptors (Lipinski definition) is 5. The first kappa shape index (κ1) is 25.4. The van der Waals surface area contributed by atoms with Gasteiger partial charge in [-0.05, 0) is 49.1 Å². The van der Waals surface area contributed by atoms with E-state index in [4.69, 9.17) is 16.7 Å². The van der Waals surface area contributed by atoms with Crippen molar-refractivity contribution in [1.29, 1.82) is 0 Å². The van der Waals surface area contributed by atoms with Crippen LogP contribution in [0.2, 0.25) is 5.02 Å². The molecule has 4 rings (SSSR count). The monoisotopic (exact) mass is 511 g/mol. The normalized spacial score (nSPS) is 14.6. The molecule has 0 spiro atoms. The Balaban J connectivity index is 1.78. The molecule has 1 aliphatic carbocycles. The van der Waals surface area contributed by atoms with Gasteiger partial charge in [0.1, 0.15) is 12.4 Å². The van der Waals surface area contributed by atoms with Crippen molar-refractivity contribution in [2.24, 2.45) is 5.92 Å². The molecule has 1 amide bonds. The first-order chi connectivity index (χ1) is 17.1. The van der Waals surface area contributed by atoms with Crippen molar-refractivity contribution in [3.05, 3.63) is 58.4 Å². The number of carbonyl (C=O) groups is 4. The number of carboxylic acids is 2. The lowest BCUT2D eigenvalue weighted by Crippen LogP contribution is -2.23. The Kier molecular flexibility index (Phi) is 7.40. The Bertz CT molecular complexity index is 1340. The van der Waals surface area contributed by atoms with Gasteiger partial charge in [0.25, 0.3) is 0 Å². The van der Waals surface area contributed by atoms with Crippen molar-refractivity contribution in [2.45, 2.75) is 51.5 Å². The number of carbonyl (C=O) groups excluding carboxylic acids is 2. The summed E-state index contributed by atoms with van der Waals surface area (Å²) in [6.07, 6.45) is 7.55. The zero-order chi connectivity index (χ0) is 26.0. The number of nitrogens with one attached hydrogen (secondary N) is 1. The van der Waals surface area contributed by atoms with Crippen molar-refractivity contribution >= 4 is 52.0 Å². The standard InChI is InChI=1S/C26H26ClN3O6/c1-14(31)17-10-22-18(9-21(17)27)20(12-30(22)13-24(32)33)19(8-15-4-2-3-5-15)25(34)29-23-7-6-16(11-28-23)26(35)36/h6-7,9-12,15,19H,2-5,8,13H2,1H3,(H,32,33)(H,35,36)(H,28,29,34). The van der Waals surface area contributed by atoms with Crippen molar-refractivity contribution < 1.29 is 29.4 Å². The molecule has 0 saturated heterocycles. The number of aromatic carboxylic acids is 1. The predicted octanol–water partition coefficient (Wildman–Crippen LogP) is 4.98. The fourth-order valence-electron chi connectivity index (χ4n) is 4.92. The van der Waals surface area contributed by atoms with Crippen LogP contribution in [-0.4, -0.2) is 43.4 Å². The number of pyridine rings is 1. The van der Waals surface area contributed by atoms with Gasteiger partial charge in [-0.1, -0.05) is 37.3 Å². The molecule has 9 nitrogen and oxygen atoms in total. The van der Waals surface area contributed by atoms with E-state index in [2.05, 4.69) is 10.3 Å². The summed E-state index contributed by atoms with van der Waals surface area (Å²) in [7, 11) is 0. The third-order valence-corrected chi connectivity index (χ3v) is 7.00. The van der Waals surface area contributed by atoms with Gasteiger partial charge >= 0.3 is 11.9 Å². The van der Waals surface area contributed by atoms with E-state index < -0.39 is 17.9 Å². The van der Waals surface area contributed by atoms with Crippen LogP contribution >= 0.6 is 11.6 Å². The van der Waals surface area contributed by atoms with Crippen LogP contribution < -0.4 is 5.32 Å². The number of aromatic nitrogens is 2. The highest BCUT2D eigenvalue weighted by molar-refractivity contribution is 6.34. The SMILES string of the molecule is CC(=O)c1cc2c(cc1Cl)c(C(CC1CCCC1)C(=O)Nc1ccc(C(=O)O)cn1)cn2CC(=O)O. The zero-order valence-electron chi connectivity index (χ0n) is 19.7. The topological polar surface area (TPSA) is 139 Å².